The van der Waals surface area contributed by atoms with Gasteiger partial charge in [0.1, 0.15) is 5.82 Å². The monoisotopic (exact) mass is 608 g/mol. The summed E-state index contributed by atoms with van der Waals surface area (Å²) >= 11 is 0. The molecule has 4 aliphatic heterocycles. The van der Waals surface area contributed by atoms with Crippen molar-refractivity contribution < 1.29 is 19.1 Å². The van der Waals surface area contributed by atoms with Gasteiger partial charge in [-0.3, -0.25) is 4.90 Å². The number of nitrogens with zero attached hydrogens (tertiary/aromatic N) is 5. The van der Waals surface area contributed by atoms with Crippen molar-refractivity contribution in [3.63, 3.8) is 0 Å². The number of morpholine rings is 1. The molecule has 0 bridgehead atoms. The number of amides is 4. The van der Waals surface area contributed by atoms with Gasteiger partial charge in [0.05, 0.1) is 44.1 Å². The third kappa shape index (κ3) is 7.40. The highest BCUT2D eigenvalue weighted by Crippen LogP contribution is 2.37. The van der Waals surface area contributed by atoms with Crippen LogP contribution in [0.15, 0.2) is 41.4 Å². The van der Waals surface area contributed by atoms with Crippen molar-refractivity contribution in [3.05, 3.63) is 41.4 Å². The lowest BCUT2D eigenvalue weighted by molar-refractivity contribution is 0.0531. The van der Waals surface area contributed by atoms with Gasteiger partial charge in [-0.05, 0) is 75.3 Å². The molecule has 0 radical (unpaired) electrons. The number of hydrogen-bond acceptors (Lipinski definition) is 8. The van der Waals surface area contributed by atoms with E-state index in [9.17, 15) is 9.59 Å². The van der Waals surface area contributed by atoms with E-state index < -0.39 is 0 Å². The summed E-state index contributed by atoms with van der Waals surface area (Å²) in [6, 6.07) is 4.27. The Labute approximate surface area is 260 Å². The van der Waals surface area contributed by atoms with E-state index in [0.717, 1.165) is 82.2 Å². The minimum Gasteiger partial charge on any atom is -0.498 e. The maximum Gasteiger partial charge on any atom is 0.321 e. The van der Waals surface area contributed by atoms with Crippen molar-refractivity contribution in [2.24, 2.45) is 5.92 Å². The molecule has 5 heterocycles. The van der Waals surface area contributed by atoms with E-state index >= 15 is 0 Å². The van der Waals surface area contributed by atoms with Crippen LogP contribution in [-0.4, -0.2) is 117 Å². The second-order valence-corrected chi connectivity index (χ2v) is 12.5. The van der Waals surface area contributed by atoms with Crippen LogP contribution in [-0.2, 0) is 9.47 Å². The molecule has 44 heavy (non-hydrogen) atoms. The molecule has 1 aromatic rings. The van der Waals surface area contributed by atoms with Gasteiger partial charge in [0, 0.05) is 64.0 Å². The lowest BCUT2D eigenvalue weighted by Crippen LogP contribution is -2.52. The molecule has 12 nitrogen and oxygen atoms in total. The second-order valence-electron chi connectivity index (χ2n) is 12.5. The third-order valence-corrected chi connectivity index (χ3v) is 9.53. The highest BCUT2D eigenvalue weighted by molar-refractivity contribution is 5.89. The molecular weight excluding hydrogens is 560 g/mol. The Bertz CT molecular complexity index is 1200. The molecule has 3 fully saturated rings. The summed E-state index contributed by atoms with van der Waals surface area (Å²) in [6.07, 6.45) is 11.0. The van der Waals surface area contributed by atoms with Crippen LogP contribution in [0.3, 0.4) is 0 Å². The lowest BCUT2D eigenvalue weighted by atomic mass is 9.80. The maximum absolute atomic E-state index is 13.1. The quantitative estimate of drug-likeness (QED) is 0.386. The predicted molar refractivity (Wildman–Crippen MR) is 169 cm³/mol. The summed E-state index contributed by atoms with van der Waals surface area (Å²) in [6.45, 7) is 8.11. The van der Waals surface area contributed by atoms with Crippen molar-refractivity contribution in [2.45, 2.75) is 51.0 Å². The molecular formula is C32H48N8O4. The molecule has 0 spiro atoms. The number of piperidine rings is 1. The van der Waals surface area contributed by atoms with Crippen LogP contribution in [0.2, 0.25) is 0 Å². The number of rotatable bonds is 8. The highest BCUT2D eigenvalue weighted by atomic mass is 16.5. The van der Waals surface area contributed by atoms with E-state index in [1.807, 2.05) is 17.0 Å². The number of likely N-dealkylation sites (N-methyl/N-ethyl adjacent to an activating group) is 1. The molecule has 0 saturated carbocycles. The van der Waals surface area contributed by atoms with E-state index in [-0.39, 0.29) is 12.1 Å². The lowest BCUT2D eigenvalue weighted by Gasteiger charge is -2.45. The van der Waals surface area contributed by atoms with Crippen molar-refractivity contribution in [1.82, 2.24) is 30.3 Å². The number of carbonyl (C=O) groups excluding carboxylic acids is 2. The summed E-state index contributed by atoms with van der Waals surface area (Å²) in [5.74, 6) is 2.50. The number of hydrogen-bond donors (Lipinski definition) is 3. The summed E-state index contributed by atoms with van der Waals surface area (Å²) in [5, 5.41) is 9.63. The molecule has 240 valence electrons. The largest absolute Gasteiger partial charge is 0.498 e. The minimum absolute atomic E-state index is 0.0205. The van der Waals surface area contributed by atoms with E-state index in [1.165, 1.54) is 24.1 Å². The van der Waals surface area contributed by atoms with E-state index in [2.05, 4.69) is 43.9 Å². The molecule has 1 aromatic heterocycles. The molecule has 3 saturated heterocycles. The van der Waals surface area contributed by atoms with Crippen LogP contribution in [0.4, 0.5) is 21.1 Å². The molecule has 6 rings (SSSR count). The average molecular weight is 609 g/mol. The number of likely N-dealkylation sites (tertiary alicyclic amines) is 1. The highest BCUT2D eigenvalue weighted by Gasteiger charge is 2.37. The summed E-state index contributed by atoms with van der Waals surface area (Å²) < 4.78 is 11.4. The Balaban J connectivity index is 0.955. The van der Waals surface area contributed by atoms with Crippen LogP contribution in [0.5, 0.6) is 0 Å². The molecule has 0 aromatic carbocycles. The fourth-order valence-electron chi connectivity index (χ4n) is 7.09. The van der Waals surface area contributed by atoms with Crippen LogP contribution in [0.25, 0.3) is 0 Å². The van der Waals surface area contributed by atoms with Crippen molar-refractivity contribution in [2.75, 3.05) is 89.6 Å². The first kappa shape index (κ1) is 30.5. The average Bonchev–Trinajstić information content (AvgIpc) is 3.61. The maximum atomic E-state index is 13.1. The SMILES string of the molecule is CN1CNC2=C(CCC(OCCCNC(=O)N3CCOCC3)=C2)C1C1CCN(C(=O)Nc2ccc(N3CCCC3)nc2)CC1. The van der Waals surface area contributed by atoms with Gasteiger partial charge >= 0.3 is 12.1 Å². The zero-order valence-corrected chi connectivity index (χ0v) is 26.1. The van der Waals surface area contributed by atoms with Gasteiger partial charge in [-0.2, -0.15) is 0 Å². The zero-order chi connectivity index (χ0) is 30.3. The van der Waals surface area contributed by atoms with Gasteiger partial charge in [0.2, 0.25) is 0 Å². The Morgan fingerprint density at radius 2 is 1.80 bits per heavy atom. The number of pyridine rings is 1. The summed E-state index contributed by atoms with van der Waals surface area (Å²) in [5.41, 5.74) is 3.40. The number of urea groups is 2. The molecule has 3 N–H and O–H groups in total. The van der Waals surface area contributed by atoms with Gasteiger partial charge in [-0.15, -0.1) is 0 Å². The van der Waals surface area contributed by atoms with Crippen LogP contribution < -0.4 is 20.9 Å². The van der Waals surface area contributed by atoms with Gasteiger partial charge in [-0.25, -0.2) is 14.6 Å². The minimum atomic E-state index is -0.0409. The Morgan fingerprint density at radius 1 is 1.02 bits per heavy atom. The number of ether oxygens (including phenoxy) is 2. The Hall–Kier alpha value is -3.51. The Morgan fingerprint density at radius 3 is 2.55 bits per heavy atom. The number of aromatic nitrogens is 1. The Kier molecular flexibility index (Phi) is 10.1. The van der Waals surface area contributed by atoms with E-state index in [0.29, 0.717) is 51.4 Å². The first-order valence-corrected chi connectivity index (χ1v) is 16.4. The predicted octanol–water partition coefficient (Wildman–Crippen LogP) is 3.17. The molecule has 5 aliphatic rings. The molecule has 4 amide bonds. The number of anilines is 2. The second kappa shape index (κ2) is 14.5. The van der Waals surface area contributed by atoms with Gasteiger partial charge < -0.3 is 40.1 Å². The van der Waals surface area contributed by atoms with Crippen molar-refractivity contribution in [3.8, 4) is 0 Å². The topological polar surface area (TPSA) is 115 Å². The van der Waals surface area contributed by atoms with E-state index in [1.54, 1.807) is 11.1 Å². The van der Waals surface area contributed by atoms with Gasteiger partial charge in [-0.1, -0.05) is 0 Å². The molecule has 12 heteroatoms. The first-order valence-electron chi connectivity index (χ1n) is 16.4. The zero-order valence-electron chi connectivity index (χ0n) is 26.1. The van der Waals surface area contributed by atoms with Crippen LogP contribution >= 0.6 is 0 Å². The first-order chi connectivity index (χ1) is 21.5. The normalized spacial score (nSPS) is 23.2. The molecule has 1 unspecified atom stereocenters. The van der Waals surface area contributed by atoms with Crippen molar-refractivity contribution >= 4 is 23.6 Å². The van der Waals surface area contributed by atoms with E-state index in [4.69, 9.17) is 9.47 Å². The number of carbonyl (C=O) groups is 2. The molecule has 1 atom stereocenters. The number of nitrogens with one attached hydrogen (secondary N) is 3. The third-order valence-electron chi connectivity index (χ3n) is 9.53. The smallest absolute Gasteiger partial charge is 0.321 e. The summed E-state index contributed by atoms with van der Waals surface area (Å²) in [4.78, 5) is 38.3. The fraction of sp³-hybridized carbons (Fsp3) is 0.656. The molecule has 1 aliphatic carbocycles. The van der Waals surface area contributed by atoms with Gasteiger partial charge in [0.15, 0.2) is 0 Å². The fourth-order valence-corrected chi connectivity index (χ4v) is 7.09. The standard InChI is InChI=1S/C32H48N8O4/c1-37-23-35-28-21-26(44-18-4-11-33-31(41)40-16-19-43-20-17-40)6-7-27(28)30(37)24-9-14-39(15-10-24)32(42)36-25-5-8-29(34-22-25)38-12-2-3-13-38/h5,8,21-22,24,30,35H,2-4,6-7,9-20,23H2,1H3,(H,33,41)(H,36,42). The number of allylic oxidation sites excluding steroid dienone is 2. The van der Waals surface area contributed by atoms with Crippen LogP contribution in [0, 0.1) is 5.92 Å². The van der Waals surface area contributed by atoms with Crippen molar-refractivity contribution in [1.29, 1.82) is 0 Å². The van der Waals surface area contributed by atoms with Crippen LogP contribution in [0.1, 0.15) is 44.9 Å². The summed E-state index contributed by atoms with van der Waals surface area (Å²) in [7, 11) is 2.19. The van der Waals surface area contributed by atoms with Gasteiger partial charge in [0.25, 0.3) is 0 Å².